The summed E-state index contributed by atoms with van der Waals surface area (Å²) >= 11 is 9.31. The molecule has 1 atom stereocenters. The molecule has 8 heteroatoms. The summed E-state index contributed by atoms with van der Waals surface area (Å²) in [5.74, 6) is 0. The van der Waals surface area contributed by atoms with Gasteiger partial charge in [0, 0.05) is 16.2 Å². The number of halogens is 4. The van der Waals surface area contributed by atoms with Gasteiger partial charge in [0.2, 0.25) is 0 Å². The second-order valence-electron chi connectivity index (χ2n) is 6.15. The Morgan fingerprint density at radius 3 is 2.50 bits per heavy atom. The quantitative estimate of drug-likeness (QED) is 0.411. The highest BCUT2D eigenvalue weighted by Gasteiger charge is 2.39. The van der Waals surface area contributed by atoms with Crippen molar-refractivity contribution < 1.29 is 13.2 Å². The molecule has 0 spiro atoms. The average Bonchev–Trinajstić information content (AvgIpc) is 3.39. The summed E-state index contributed by atoms with van der Waals surface area (Å²) < 4.78 is 40.9. The standard InChI is InChI=1S/C20H14ClF3N2S2/c21-16-6-1-5-15(20(22,23)24)19(16)26-17(18-7-3-11-28-18)12-13(25-26)8-9-14-4-2-10-27-14/h1-11,17H,12H2/b9-8+. The lowest BCUT2D eigenvalue weighted by atomic mass is 10.1. The molecule has 3 heterocycles. The van der Waals surface area contributed by atoms with Gasteiger partial charge in [0.25, 0.3) is 0 Å². The van der Waals surface area contributed by atoms with Crippen LogP contribution in [0, 0.1) is 0 Å². The SMILES string of the molecule is FC(F)(F)c1cccc(Cl)c1N1N=C(/C=C/c2cccs2)CC1c1cccs1. The van der Waals surface area contributed by atoms with Gasteiger partial charge in [-0.15, -0.1) is 22.7 Å². The molecule has 1 unspecified atom stereocenters. The van der Waals surface area contributed by atoms with E-state index >= 15 is 0 Å². The number of hydrogen-bond acceptors (Lipinski definition) is 4. The molecule has 3 aromatic rings. The number of anilines is 1. The Hall–Kier alpha value is -2.09. The number of alkyl halides is 3. The van der Waals surface area contributed by atoms with Crippen molar-refractivity contribution in [3.05, 3.63) is 79.6 Å². The summed E-state index contributed by atoms with van der Waals surface area (Å²) in [6.07, 6.45) is -0.234. The topological polar surface area (TPSA) is 15.6 Å². The summed E-state index contributed by atoms with van der Waals surface area (Å²) in [6.45, 7) is 0. The van der Waals surface area contributed by atoms with Crippen LogP contribution in [-0.2, 0) is 6.18 Å². The van der Waals surface area contributed by atoms with E-state index in [0.717, 1.165) is 15.8 Å². The van der Waals surface area contributed by atoms with Crippen molar-refractivity contribution in [2.75, 3.05) is 5.01 Å². The monoisotopic (exact) mass is 438 g/mol. The first-order valence-corrected chi connectivity index (χ1v) is 10.5. The largest absolute Gasteiger partial charge is 0.418 e. The van der Waals surface area contributed by atoms with Crippen LogP contribution < -0.4 is 5.01 Å². The highest BCUT2D eigenvalue weighted by molar-refractivity contribution is 7.11. The first kappa shape index (κ1) is 19.2. The van der Waals surface area contributed by atoms with Crippen molar-refractivity contribution in [2.24, 2.45) is 5.10 Å². The second-order valence-corrected chi connectivity index (χ2v) is 8.52. The number of hydrogen-bond donors (Lipinski definition) is 0. The Morgan fingerprint density at radius 1 is 1.04 bits per heavy atom. The van der Waals surface area contributed by atoms with E-state index in [9.17, 15) is 13.2 Å². The van der Waals surface area contributed by atoms with Crippen LogP contribution in [0.1, 0.15) is 27.8 Å². The lowest BCUT2D eigenvalue weighted by Gasteiger charge is -2.26. The predicted octanol–water partition coefficient (Wildman–Crippen LogP) is 7.50. The Kier molecular flexibility index (Phi) is 5.31. The summed E-state index contributed by atoms with van der Waals surface area (Å²) in [6, 6.07) is 11.2. The Morgan fingerprint density at radius 2 is 1.82 bits per heavy atom. The third-order valence-corrected chi connectivity index (χ3v) is 6.43. The normalized spacial score (nSPS) is 17.5. The number of para-hydroxylation sites is 1. The Bertz CT molecular complexity index is 1010. The van der Waals surface area contributed by atoms with Gasteiger partial charge in [-0.05, 0) is 47.2 Å². The molecule has 0 N–H and O–H groups in total. The minimum atomic E-state index is -4.52. The Labute approximate surface area is 173 Å². The molecule has 0 radical (unpaired) electrons. The fourth-order valence-electron chi connectivity index (χ4n) is 3.08. The maximum Gasteiger partial charge on any atom is 0.418 e. The number of thiophene rings is 2. The van der Waals surface area contributed by atoms with Gasteiger partial charge in [-0.25, -0.2) is 0 Å². The smallest absolute Gasteiger partial charge is 0.254 e. The van der Waals surface area contributed by atoms with E-state index in [1.54, 1.807) is 11.3 Å². The molecule has 0 bridgehead atoms. The molecule has 1 aliphatic rings. The maximum atomic E-state index is 13.6. The molecule has 4 rings (SSSR count). The van der Waals surface area contributed by atoms with Gasteiger partial charge in [0.1, 0.15) is 0 Å². The van der Waals surface area contributed by atoms with E-state index in [1.807, 2.05) is 47.2 Å². The number of nitrogens with zero attached hydrogens (tertiary/aromatic N) is 2. The number of hydrazone groups is 1. The van der Waals surface area contributed by atoms with Crippen molar-refractivity contribution >= 4 is 51.7 Å². The second kappa shape index (κ2) is 7.73. The van der Waals surface area contributed by atoms with Crippen molar-refractivity contribution in [1.29, 1.82) is 0 Å². The fourth-order valence-corrected chi connectivity index (χ4v) is 4.77. The molecule has 144 valence electrons. The van der Waals surface area contributed by atoms with E-state index in [2.05, 4.69) is 5.10 Å². The van der Waals surface area contributed by atoms with Crippen molar-refractivity contribution in [3.63, 3.8) is 0 Å². The van der Waals surface area contributed by atoms with Gasteiger partial charge in [-0.3, -0.25) is 5.01 Å². The van der Waals surface area contributed by atoms with Crippen LogP contribution in [0.3, 0.4) is 0 Å². The third-order valence-electron chi connectivity index (χ3n) is 4.31. The summed E-state index contributed by atoms with van der Waals surface area (Å²) in [5, 5.41) is 9.85. The van der Waals surface area contributed by atoms with Gasteiger partial charge in [0.05, 0.1) is 28.0 Å². The lowest BCUT2D eigenvalue weighted by molar-refractivity contribution is -0.137. The van der Waals surface area contributed by atoms with Crippen LogP contribution in [0.15, 0.2) is 64.4 Å². The van der Waals surface area contributed by atoms with Crippen molar-refractivity contribution in [3.8, 4) is 0 Å². The maximum absolute atomic E-state index is 13.6. The first-order chi connectivity index (χ1) is 13.4. The van der Waals surface area contributed by atoms with E-state index in [-0.39, 0.29) is 16.8 Å². The summed E-state index contributed by atoms with van der Waals surface area (Å²) in [7, 11) is 0. The molecule has 28 heavy (non-hydrogen) atoms. The van der Waals surface area contributed by atoms with E-state index in [4.69, 9.17) is 11.6 Å². The minimum absolute atomic E-state index is 0.0311. The fraction of sp³-hybridized carbons (Fsp3) is 0.150. The van der Waals surface area contributed by atoms with E-state index < -0.39 is 11.7 Å². The van der Waals surface area contributed by atoms with Crippen LogP contribution in [0.5, 0.6) is 0 Å². The highest BCUT2D eigenvalue weighted by Crippen LogP contribution is 2.46. The molecule has 0 saturated carbocycles. The van der Waals surface area contributed by atoms with Gasteiger partial charge in [-0.1, -0.05) is 29.8 Å². The molecule has 0 fully saturated rings. The molecular formula is C20H14ClF3N2S2. The van der Waals surface area contributed by atoms with E-state index in [0.29, 0.717) is 12.1 Å². The third kappa shape index (κ3) is 3.87. The Balaban J connectivity index is 1.78. The molecule has 0 amide bonds. The van der Waals surface area contributed by atoms with Crippen LogP contribution >= 0.6 is 34.3 Å². The molecular weight excluding hydrogens is 425 g/mol. The van der Waals surface area contributed by atoms with Crippen LogP contribution in [0.4, 0.5) is 18.9 Å². The average molecular weight is 439 g/mol. The molecule has 2 aromatic heterocycles. The first-order valence-electron chi connectivity index (χ1n) is 8.41. The van der Waals surface area contributed by atoms with Crippen molar-refractivity contribution in [2.45, 2.75) is 18.6 Å². The summed E-state index contributed by atoms with van der Waals surface area (Å²) in [4.78, 5) is 2.00. The number of rotatable bonds is 4. The van der Waals surface area contributed by atoms with Gasteiger partial charge in [0.15, 0.2) is 0 Å². The molecule has 0 aliphatic carbocycles. The van der Waals surface area contributed by atoms with Crippen LogP contribution in [-0.4, -0.2) is 5.71 Å². The zero-order valence-corrected chi connectivity index (χ0v) is 16.7. The number of allylic oxidation sites excluding steroid dienone is 1. The predicted molar refractivity (Wildman–Crippen MR) is 111 cm³/mol. The molecule has 1 aromatic carbocycles. The van der Waals surface area contributed by atoms with Crippen LogP contribution in [0.2, 0.25) is 5.02 Å². The molecule has 0 saturated heterocycles. The number of benzene rings is 1. The minimum Gasteiger partial charge on any atom is -0.254 e. The summed E-state index contributed by atoms with van der Waals surface area (Å²) in [5.41, 5.74) is -0.178. The molecule has 2 nitrogen and oxygen atoms in total. The van der Waals surface area contributed by atoms with Crippen LogP contribution in [0.25, 0.3) is 6.08 Å². The van der Waals surface area contributed by atoms with Gasteiger partial charge < -0.3 is 0 Å². The lowest BCUT2D eigenvalue weighted by Crippen LogP contribution is -2.22. The zero-order valence-electron chi connectivity index (χ0n) is 14.4. The van der Waals surface area contributed by atoms with E-state index in [1.165, 1.54) is 28.5 Å². The van der Waals surface area contributed by atoms with Gasteiger partial charge >= 0.3 is 6.18 Å². The zero-order chi connectivity index (χ0) is 19.7. The van der Waals surface area contributed by atoms with Gasteiger partial charge in [-0.2, -0.15) is 18.3 Å². The highest BCUT2D eigenvalue weighted by atomic mass is 35.5. The van der Waals surface area contributed by atoms with Crippen molar-refractivity contribution in [1.82, 2.24) is 0 Å². The molecule has 1 aliphatic heterocycles.